The lowest BCUT2D eigenvalue weighted by atomic mass is 9.92. The maximum atomic E-state index is 12.2. The van der Waals surface area contributed by atoms with Gasteiger partial charge in [-0.05, 0) is 67.5 Å². The van der Waals surface area contributed by atoms with E-state index in [-0.39, 0.29) is 5.92 Å². The maximum absolute atomic E-state index is 12.2. The second kappa shape index (κ2) is 6.44. The third-order valence-electron chi connectivity index (χ3n) is 3.58. The van der Waals surface area contributed by atoms with E-state index in [1.54, 1.807) is 20.8 Å². The molecule has 1 saturated heterocycles. The number of halogens is 1. The quantitative estimate of drug-likeness (QED) is 0.749. The summed E-state index contributed by atoms with van der Waals surface area (Å²) >= 11 is 2.21. The minimum Gasteiger partial charge on any atom is -0.480 e. The molecule has 5 nitrogen and oxygen atoms in total. The van der Waals surface area contributed by atoms with Crippen molar-refractivity contribution in [1.29, 1.82) is 0 Å². The molecule has 0 aromatic heterocycles. The number of benzene rings is 1. The molecule has 0 spiro atoms. The van der Waals surface area contributed by atoms with Crippen molar-refractivity contribution >= 4 is 34.7 Å². The fraction of sp³-hybridized carbons (Fsp3) is 0.500. The van der Waals surface area contributed by atoms with Crippen molar-refractivity contribution < 1.29 is 19.4 Å². The number of carboxylic acid groups (broad SMARTS) is 1. The highest BCUT2D eigenvalue weighted by molar-refractivity contribution is 14.1. The van der Waals surface area contributed by atoms with Crippen molar-refractivity contribution in [3.05, 3.63) is 33.4 Å². The first-order valence-corrected chi connectivity index (χ1v) is 8.25. The number of ether oxygens (including phenoxy) is 1. The van der Waals surface area contributed by atoms with Crippen molar-refractivity contribution in [2.75, 3.05) is 6.54 Å². The molecule has 0 bridgehead atoms. The molecule has 1 aromatic carbocycles. The Hall–Kier alpha value is -1.31. The number of likely N-dealkylation sites (tertiary alicyclic amines) is 1. The SMILES string of the molecule is CC(C)(C)OC(=O)N1CCC(c2ccc(I)cc2)C1C(=O)O. The summed E-state index contributed by atoms with van der Waals surface area (Å²) < 4.78 is 6.42. The van der Waals surface area contributed by atoms with Gasteiger partial charge in [-0.3, -0.25) is 4.90 Å². The summed E-state index contributed by atoms with van der Waals surface area (Å²) in [7, 11) is 0. The summed E-state index contributed by atoms with van der Waals surface area (Å²) in [6.45, 7) is 5.70. The van der Waals surface area contributed by atoms with Gasteiger partial charge in [0.1, 0.15) is 11.6 Å². The van der Waals surface area contributed by atoms with Gasteiger partial charge in [0.2, 0.25) is 0 Å². The Bertz CT molecular complexity index is 565. The molecule has 120 valence electrons. The molecule has 6 heteroatoms. The third-order valence-corrected chi connectivity index (χ3v) is 4.30. The van der Waals surface area contributed by atoms with Crippen LogP contribution in [0.1, 0.15) is 38.7 Å². The highest BCUT2D eigenvalue weighted by atomic mass is 127. The molecule has 2 rings (SSSR count). The van der Waals surface area contributed by atoms with Gasteiger partial charge in [0, 0.05) is 16.0 Å². The van der Waals surface area contributed by atoms with Crippen LogP contribution >= 0.6 is 22.6 Å². The minimum absolute atomic E-state index is 0.206. The van der Waals surface area contributed by atoms with Gasteiger partial charge in [0.15, 0.2) is 0 Å². The van der Waals surface area contributed by atoms with Crippen LogP contribution in [-0.2, 0) is 9.53 Å². The third kappa shape index (κ3) is 3.91. The summed E-state index contributed by atoms with van der Waals surface area (Å²) in [6.07, 6.45) is 0.0597. The average Bonchev–Trinajstić information content (AvgIpc) is 2.82. The number of hydrogen-bond acceptors (Lipinski definition) is 3. The molecule has 1 N–H and O–H groups in total. The van der Waals surface area contributed by atoms with Gasteiger partial charge < -0.3 is 9.84 Å². The summed E-state index contributed by atoms with van der Waals surface area (Å²) in [4.78, 5) is 25.3. The normalized spacial score (nSPS) is 21.7. The molecule has 0 aliphatic carbocycles. The van der Waals surface area contributed by atoms with Crippen molar-refractivity contribution in [1.82, 2.24) is 4.90 Å². The molecule has 1 fully saturated rings. The Morgan fingerprint density at radius 2 is 1.86 bits per heavy atom. The molecular weight excluding hydrogens is 397 g/mol. The molecule has 1 aliphatic heterocycles. The van der Waals surface area contributed by atoms with E-state index in [0.29, 0.717) is 13.0 Å². The summed E-state index contributed by atoms with van der Waals surface area (Å²) in [5, 5.41) is 9.57. The second-order valence-electron chi connectivity index (χ2n) is 6.40. The summed E-state index contributed by atoms with van der Waals surface area (Å²) in [5.41, 5.74) is 0.306. The van der Waals surface area contributed by atoms with Crippen LogP contribution in [0, 0.1) is 3.57 Å². The molecule has 2 atom stereocenters. The Morgan fingerprint density at radius 1 is 1.27 bits per heavy atom. The first-order chi connectivity index (χ1) is 10.2. The lowest BCUT2D eigenvalue weighted by Gasteiger charge is -2.28. The standard InChI is InChI=1S/C16H20INO4/c1-16(2,3)22-15(21)18-9-8-12(13(18)14(19)20)10-4-6-11(17)7-5-10/h4-7,12-13H,8-9H2,1-3H3,(H,19,20). The largest absolute Gasteiger partial charge is 0.480 e. The Labute approximate surface area is 143 Å². The van der Waals surface area contributed by atoms with Crippen molar-refractivity contribution in [3.63, 3.8) is 0 Å². The van der Waals surface area contributed by atoms with E-state index >= 15 is 0 Å². The van der Waals surface area contributed by atoms with Gasteiger partial charge in [-0.1, -0.05) is 12.1 Å². The molecular formula is C16H20INO4. The van der Waals surface area contributed by atoms with Crippen LogP contribution in [0.15, 0.2) is 24.3 Å². The topological polar surface area (TPSA) is 66.8 Å². The van der Waals surface area contributed by atoms with Crippen LogP contribution in [0.4, 0.5) is 4.79 Å². The summed E-state index contributed by atoms with van der Waals surface area (Å²) in [6, 6.07) is 6.88. The van der Waals surface area contributed by atoms with E-state index in [0.717, 1.165) is 9.13 Å². The Kier molecular flexibility index (Phi) is 4.99. The molecule has 1 aromatic rings. The van der Waals surface area contributed by atoms with Crippen LogP contribution in [0.5, 0.6) is 0 Å². The number of nitrogens with zero attached hydrogens (tertiary/aromatic N) is 1. The van der Waals surface area contributed by atoms with E-state index in [2.05, 4.69) is 22.6 Å². The first-order valence-electron chi connectivity index (χ1n) is 7.17. The smallest absolute Gasteiger partial charge is 0.411 e. The van der Waals surface area contributed by atoms with Crippen molar-refractivity contribution in [2.45, 2.75) is 44.8 Å². The molecule has 22 heavy (non-hydrogen) atoms. The maximum Gasteiger partial charge on any atom is 0.411 e. The number of carboxylic acids is 1. The number of amides is 1. The van der Waals surface area contributed by atoms with Gasteiger partial charge in [0.05, 0.1) is 0 Å². The Balaban J connectivity index is 2.23. The van der Waals surface area contributed by atoms with E-state index in [1.165, 1.54) is 4.90 Å². The van der Waals surface area contributed by atoms with Crippen LogP contribution in [-0.4, -0.2) is 40.3 Å². The lowest BCUT2D eigenvalue weighted by molar-refractivity contribution is -0.142. The van der Waals surface area contributed by atoms with Crippen LogP contribution in [0.3, 0.4) is 0 Å². The predicted molar refractivity (Wildman–Crippen MR) is 90.9 cm³/mol. The number of rotatable bonds is 2. The van der Waals surface area contributed by atoms with Crippen molar-refractivity contribution in [3.8, 4) is 0 Å². The zero-order valence-electron chi connectivity index (χ0n) is 12.9. The van der Waals surface area contributed by atoms with E-state index in [1.807, 2.05) is 24.3 Å². The number of hydrogen-bond donors (Lipinski definition) is 1. The second-order valence-corrected chi connectivity index (χ2v) is 7.65. The summed E-state index contributed by atoms with van der Waals surface area (Å²) in [5.74, 6) is -1.20. The molecule has 1 aliphatic rings. The fourth-order valence-electron chi connectivity index (χ4n) is 2.68. The molecule has 2 unspecified atom stereocenters. The van der Waals surface area contributed by atoms with E-state index in [9.17, 15) is 14.7 Å². The lowest BCUT2D eigenvalue weighted by Crippen LogP contribution is -2.45. The zero-order chi connectivity index (χ0) is 16.5. The first kappa shape index (κ1) is 17.1. The highest BCUT2D eigenvalue weighted by Gasteiger charge is 2.44. The highest BCUT2D eigenvalue weighted by Crippen LogP contribution is 2.34. The van der Waals surface area contributed by atoms with Crippen molar-refractivity contribution in [2.24, 2.45) is 0 Å². The van der Waals surface area contributed by atoms with E-state index in [4.69, 9.17) is 4.74 Å². The number of aliphatic carboxylic acids is 1. The molecule has 1 amide bonds. The van der Waals surface area contributed by atoms with Gasteiger partial charge >= 0.3 is 12.1 Å². The average molecular weight is 417 g/mol. The van der Waals surface area contributed by atoms with Gasteiger partial charge in [-0.2, -0.15) is 0 Å². The monoisotopic (exact) mass is 417 g/mol. The fourth-order valence-corrected chi connectivity index (χ4v) is 3.04. The van der Waals surface area contributed by atoms with Crippen LogP contribution < -0.4 is 0 Å². The van der Waals surface area contributed by atoms with Crippen LogP contribution in [0.25, 0.3) is 0 Å². The van der Waals surface area contributed by atoms with E-state index < -0.39 is 23.7 Å². The number of carbonyl (C=O) groups excluding carboxylic acids is 1. The van der Waals surface area contributed by atoms with Gasteiger partial charge in [-0.15, -0.1) is 0 Å². The number of carbonyl (C=O) groups is 2. The molecule has 0 saturated carbocycles. The zero-order valence-corrected chi connectivity index (χ0v) is 15.0. The Morgan fingerprint density at radius 3 is 2.36 bits per heavy atom. The minimum atomic E-state index is -0.994. The molecule has 1 heterocycles. The van der Waals surface area contributed by atoms with Gasteiger partial charge in [0.25, 0.3) is 0 Å². The van der Waals surface area contributed by atoms with Gasteiger partial charge in [-0.25, -0.2) is 9.59 Å². The van der Waals surface area contributed by atoms with Crippen LogP contribution in [0.2, 0.25) is 0 Å². The molecule has 0 radical (unpaired) electrons. The predicted octanol–water partition coefficient (Wildman–Crippen LogP) is 3.47.